The first-order valence-corrected chi connectivity index (χ1v) is 6.03. The van der Waals surface area contributed by atoms with Crippen LogP contribution in [0.3, 0.4) is 0 Å². The second-order valence-electron chi connectivity index (χ2n) is 4.86. The van der Waals surface area contributed by atoms with E-state index in [4.69, 9.17) is 5.73 Å². The molecule has 1 atom stereocenters. The third-order valence-electron chi connectivity index (χ3n) is 3.18. The first-order valence-electron chi connectivity index (χ1n) is 6.03. The number of aliphatic hydroxyl groups is 1. The molecular weight excluding hydrogens is 230 g/mol. The first kappa shape index (κ1) is 12.7. The highest BCUT2D eigenvalue weighted by molar-refractivity contribution is 6.00. The average Bonchev–Trinajstić information content (AvgIpc) is 2.74. The maximum atomic E-state index is 12.4. The summed E-state index contributed by atoms with van der Waals surface area (Å²) < 4.78 is 0. The van der Waals surface area contributed by atoms with Crippen molar-refractivity contribution in [2.45, 2.75) is 12.5 Å². The molecule has 5 heteroatoms. The number of aliphatic hydroxyl groups excluding tert-OH is 1. The molecule has 2 rings (SSSR count). The molecule has 1 saturated heterocycles. The van der Waals surface area contributed by atoms with Gasteiger partial charge in [-0.1, -0.05) is 0 Å². The Hall–Kier alpha value is -1.75. The smallest absolute Gasteiger partial charge is 0.256 e. The van der Waals surface area contributed by atoms with Gasteiger partial charge in [0.2, 0.25) is 0 Å². The number of likely N-dealkylation sites (tertiary alicyclic amines) is 1. The quantitative estimate of drug-likeness (QED) is 0.751. The van der Waals surface area contributed by atoms with Gasteiger partial charge >= 0.3 is 0 Å². The summed E-state index contributed by atoms with van der Waals surface area (Å²) in [6.45, 7) is 1.00. The number of β-amino-alcohol motifs (C(OH)–C–C–N with tert-alkyl or cyclic N) is 1. The van der Waals surface area contributed by atoms with E-state index in [1.54, 1.807) is 17.0 Å². The monoisotopic (exact) mass is 249 g/mol. The highest BCUT2D eigenvalue weighted by atomic mass is 16.3. The number of nitrogens with two attached hydrogens (primary N) is 1. The van der Waals surface area contributed by atoms with E-state index in [0.717, 1.165) is 5.69 Å². The number of nitrogens with zero attached hydrogens (tertiary/aromatic N) is 2. The van der Waals surface area contributed by atoms with Crippen LogP contribution in [-0.4, -0.2) is 49.2 Å². The van der Waals surface area contributed by atoms with E-state index >= 15 is 0 Å². The number of carbonyl (C=O) groups is 1. The predicted molar refractivity (Wildman–Crippen MR) is 71.7 cm³/mol. The summed E-state index contributed by atoms with van der Waals surface area (Å²) in [7, 11) is 3.78. The Morgan fingerprint density at radius 2 is 2.22 bits per heavy atom. The Morgan fingerprint density at radius 1 is 1.50 bits per heavy atom. The second-order valence-corrected chi connectivity index (χ2v) is 4.86. The Bertz CT molecular complexity index is 460. The summed E-state index contributed by atoms with van der Waals surface area (Å²) in [6, 6.07) is 5.32. The van der Waals surface area contributed by atoms with Crippen LogP contribution in [-0.2, 0) is 0 Å². The Kier molecular flexibility index (Phi) is 3.43. The van der Waals surface area contributed by atoms with E-state index in [0.29, 0.717) is 30.8 Å². The molecule has 0 radical (unpaired) electrons. The number of benzene rings is 1. The van der Waals surface area contributed by atoms with Crippen LogP contribution >= 0.6 is 0 Å². The van der Waals surface area contributed by atoms with Crippen molar-refractivity contribution in [3.05, 3.63) is 23.8 Å². The molecule has 98 valence electrons. The maximum Gasteiger partial charge on any atom is 0.256 e. The summed E-state index contributed by atoms with van der Waals surface area (Å²) in [4.78, 5) is 16.0. The number of carbonyl (C=O) groups excluding carboxylic acids is 1. The van der Waals surface area contributed by atoms with Gasteiger partial charge in [-0.25, -0.2) is 0 Å². The van der Waals surface area contributed by atoms with Crippen molar-refractivity contribution < 1.29 is 9.90 Å². The van der Waals surface area contributed by atoms with Crippen molar-refractivity contribution in [3.63, 3.8) is 0 Å². The summed E-state index contributed by atoms with van der Waals surface area (Å²) in [5.74, 6) is -0.0671. The number of amides is 1. The maximum absolute atomic E-state index is 12.4. The predicted octanol–water partition coefficient (Wildman–Crippen LogP) is 0.542. The van der Waals surface area contributed by atoms with Gasteiger partial charge in [-0.2, -0.15) is 0 Å². The van der Waals surface area contributed by atoms with Gasteiger partial charge in [0.05, 0.1) is 11.7 Å². The Morgan fingerprint density at radius 3 is 2.78 bits per heavy atom. The third kappa shape index (κ3) is 2.41. The fourth-order valence-electron chi connectivity index (χ4n) is 2.21. The molecule has 18 heavy (non-hydrogen) atoms. The molecule has 1 aliphatic heterocycles. The van der Waals surface area contributed by atoms with Crippen molar-refractivity contribution in [1.82, 2.24) is 4.90 Å². The van der Waals surface area contributed by atoms with Gasteiger partial charge in [0.1, 0.15) is 0 Å². The van der Waals surface area contributed by atoms with Gasteiger partial charge in [-0.15, -0.1) is 0 Å². The summed E-state index contributed by atoms with van der Waals surface area (Å²) in [5.41, 5.74) is 7.76. The lowest BCUT2D eigenvalue weighted by Gasteiger charge is -2.21. The SMILES string of the molecule is CN(C)c1ccc(N)cc1C(=O)N1CC[C@H](O)C1. The topological polar surface area (TPSA) is 69.8 Å². The summed E-state index contributed by atoms with van der Waals surface area (Å²) >= 11 is 0. The fourth-order valence-corrected chi connectivity index (χ4v) is 2.21. The molecule has 1 aromatic carbocycles. The Labute approximate surface area is 107 Å². The number of nitrogen functional groups attached to an aromatic ring is 1. The second kappa shape index (κ2) is 4.86. The van der Waals surface area contributed by atoms with Crippen LogP contribution < -0.4 is 10.6 Å². The van der Waals surface area contributed by atoms with Gasteiger partial charge in [-0.05, 0) is 24.6 Å². The summed E-state index contributed by atoms with van der Waals surface area (Å²) in [6.07, 6.45) is 0.239. The van der Waals surface area contributed by atoms with E-state index in [1.807, 2.05) is 25.1 Å². The number of hydrogen-bond acceptors (Lipinski definition) is 4. The summed E-state index contributed by atoms with van der Waals surface area (Å²) in [5, 5.41) is 9.50. The molecule has 1 aliphatic rings. The number of rotatable bonds is 2. The van der Waals surface area contributed by atoms with Crippen LogP contribution in [0, 0.1) is 0 Å². The minimum absolute atomic E-state index is 0.0671. The van der Waals surface area contributed by atoms with Crippen molar-refractivity contribution in [2.75, 3.05) is 37.8 Å². The van der Waals surface area contributed by atoms with Gasteiger partial charge < -0.3 is 20.6 Å². The van der Waals surface area contributed by atoms with E-state index in [1.165, 1.54) is 0 Å². The minimum atomic E-state index is -0.405. The van der Waals surface area contributed by atoms with Crippen molar-refractivity contribution >= 4 is 17.3 Å². The molecular formula is C13H19N3O2. The molecule has 1 aromatic rings. The zero-order valence-corrected chi connectivity index (χ0v) is 10.8. The molecule has 0 unspecified atom stereocenters. The molecule has 1 heterocycles. The number of anilines is 2. The molecule has 0 spiro atoms. The van der Waals surface area contributed by atoms with Gasteiger partial charge in [-0.3, -0.25) is 4.79 Å². The van der Waals surface area contributed by atoms with Crippen LogP contribution in [0.25, 0.3) is 0 Å². The van der Waals surface area contributed by atoms with Crippen LogP contribution in [0.4, 0.5) is 11.4 Å². The van der Waals surface area contributed by atoms with E-state index in [2.05, 4.69) is 0 Å². The third-order valence-corrected chi connectivity index (χ3v) is 3.18. The van der Waals surface area contributed by atoms with E-state index in [9.17, 15) is 9.90 Å². The van der Waals surface area contributed by atoms with E-state index in [-0.39, 0.29) is 5.91 Å². The minimum Gasteiger partial charge on any atom is -0.399 e. The zero-order chi connectivity index (χ0) is 13.3. The fraction of sp³-hybridized carbons (Fsp3) is 0.462. The zero-order valence-electron chi connectivity index (χ0n) is 10.8. The molecule has 1 fully saturated rings. The van der Waals surface area contributed by atoms with Gasteiger partial charge in [0.25, 0.3) is 5.91 Å². The number of hydrogen-bond donors (Lipinski definition) is 2. The average molecular weight is 249 g/mol. The standard InChI is InChI=1S/C13H19N3O2/c1-15(2)12-4-3-9(14)7-11(12)13(18)16-6-5-10(17)8-16/h3-4,7,10,17H,5-6,8,14H2,1-2H3/t10-/m0/s1. The molecule has 0 saturated carbocycles. The molecule has 3 N–H and O–H groups in total. The largest absolute Gasteiger partial charge is 0.399 e. The van der Waals surface area contributed by atoms with Crippen molar-refractivity contribution in [3.8, 4) is 0 Å². The van der Waals surface area contributed by atoms with Crippen LogP contribution in [0.15, 0.2) is 18.2 Å². The lowest BCUT2D eigenvalue weighted by molar-refractivity contribution is 0.0765. The normalized spacial score (nSPS) is 19.1. The lowest BCUT2D eigenvalue weighted by atomic mass is 10.1. The van der Waals surface area contributed by atoms with Crippen molar-refractivity contribution in [1.29, 1.82) is 0 Å². The highest BCUT2D eigenvalue weighted by Crippen LogP contribution is 2.24. The van der Waals surface area contributed by atoms with Crippen LogP contribution in [0.5, 0.6) is 0 Å². The highest BCUT2D eigenvalue weighted by Gasteiger charge is 2.27. The van der Waals surface area contributed by atoms with Gasteiger partial charge in [0.15, 0.2) is 0 Å². The van der Waals surface area contributed by atoms with Gasteiger partial charge in [0, 0.05) is 38.6 Å². The Balaban J connectivity index is 2.31. The molecule has 1 amide bonds. The van der Waals surface area contributed by atoms with Crippen LogP contribution in [0.2, 0.25) is 0 Å². The van der Waals surface area contributed by atoms with Crippen molar-refractivity contribution in [2.24, 2.45) is 0 Å². The first-order chi connectivity index (χ1) is 8.49. The molecule has 5 nitrogen and oxygen atoms in total. The molecule has 0 aromatic heterocycles. The lowest BCUT2D eigenvalue weighted by Crippen LogP contribution is -2.31. The molecule has 0 aliphatic carbocycles. The van der Waals surface area contributed by atoms with E-state index < -0.39 is 6.10 Å². The molecule has 0 bridgehead atoms. The van der Waals surface area contributed by atoms with Crippen LogP contribution in [0.1, 0.15) is 16.8 Å².